The zero-order chi connectivity index (χ0) is 13.1. The van der Waals surface area contributed by atoms with E-state index in [1.54, 1.807) is 18.2 Å². The molecule has 0 aliphatic carbocycles. The van der Waals surface area contributed by atoms with Gasteiger partial charge in [-0.1, -0.05) is 17.7 Å². The molecule has 92 valence electrons. The van der Waals surface area contributed by atoms with Gasteiger partial charge in [0.25, 0.3) is 0 Å². The Hall–Kier alpha value is -2.07. The van der Waals surface area contributed by atoms with Gasteiger partial charge in [0.1, 0.15) is 5.82 Å². The zero-order valence-corrected chi connectivity index (χ0v) is 9.91. The monoisotopic (exact) mass is 265 g/mol. The van der Waals surface area contributed by atoms with Crippen LogP contribution in [0.5, 0.6) is 0 Å². The molecule has 0 saturated heterocycles. The molecule has 0 aliphatic heterocycles. The Balaban J connectivity index is 2.26. The van der Waals surface area contributed by atoms with Crippen molar-refractivity contribution < 1.29 is 14.3 Å². The number of carboxylic acid groups (broad SMARTS) is 1. The van der Waals surface area contributed by atoms with E-state index in [4.69, 9.17) is 16.7 Å². The number of aromatic carboxylic acids is 1. The van der Waals surface area contributed by atoms with Gasteiger partial charge in [-0.15, -0.1) is 0 Å². The van der Waals surface area contributed by atoms with E-state index >= 15 is 0 Å². The summed E-state index contributed by atoms with van der Waals surface area (Å²) in [4.78, 5) is 10.7. The number of carbonyl (C=O) groups is 1. The molecule has 0 radical (unpaired) electrons. The molecule has 0 aliphatic rings. The molecule has 0 unspecified atom stereocenters. The van der Waals surface area contributed by atoms with Crippen LogP contribution in [0, 0.1) is 5.82 Å². The van der Waals surface area contributed by atoms with Crippen LogP contribution in [-0.2, 0) is 0 Å². The molecule has 0 bridgehead atoms. The standard InChI is InChI=1S/C13H9ClFNO2/c14-10-2-1-3-11(15)12(10)16-9-6-4-8(5-7-9)13(17)18/h1-7,16H,(H,17,18). The van der Waals surface area contributed by atoms with Crippen LogP contribution < -0.4 is 5.32 Å². The number of anilines is 2. The Morgan fingerprint density at radius 1 is 1.17 bits per heavy atom. The number of hydrogen-bond acceptors (Lipinski definition) is 2. The predicted octanol–water partition coefficient (Wildman–Crippen LogP) is 3.92. The van der Waals surface area contributed by atoms with Gasteiger partial charge in [0.2, 0.25) is 0 Å². The van der Waals surface area contributed by atoms with Crippen molar-refractivity contribution in [2.45, 2.75) is 0 Å². The van der Waals surface area contributed by atoms with Crippen molar-refractivity contribution in [1.82, 2.24) is 0 Å². The maximum absolute atomic E-state index is 13.5. The molecule has 0 fully saturated rings. The first-order valence-corrected chi connectivity index (χ1v) is 5.50. The van der Waals surface area contributed by atoms with Crippen LogP contribution in [0.25, 0.3) is 0 Å². The zero-order valence-electron chi connectivity index (χ0n) is 9.15. The maximum atomic E-state index is 13.5. The van der Waals surface area contributed by atoms with E-state index in [1.807, 2.05) is 0 Å². The van der Waals surface area contributed by atoms with E-state index in [1.165, 1.54) is 24.3 Å². The van der Waals surface area contributed by atoms with Gasteiger partial charge in [0, 0.05) is 5.69 Å². The van der Waals surface area contributed by atoms with E-state index < -0.39 is 11.8 Å². The SMILES string of the molecule is O=C(O)c1ccc(Nc2c(F)cccc2Cl)cc1. The molecule has 2 rings (SSSR count). The maximum Gasteiger partial charge on any atom is 0.335 e. The average Bonchev–Trinajstić information content (AvgIpc) is 2.34. The Labute approximate surface area is 108 Å². The predicted molar refractivity (Wildman–Crippen MR) is 68.1 cm³/mol. The number of hydrogen-bond donors (Lipinski definition) is 2. The first kappa shape index (κ1) is 12.4. The molecule has 2 aromatic carbocycles. The summed E-state index contributed by atoms with van der Waals surface area (Å²) in [5.41, 5.74) is 0.898. The number of carboxylic acids is 1. The van der Waals surface area contributed by atoms with Crippen LogP contribution in [0.1, 0.15) is 10.4 Å². The molecule has 0 aromatic heterocycles. The van der Waals surface area contributed by atoms with Gasteiger partial charge in [0.05, 0.1) is 16.3 Å². The molecule has 2 N–H and O–H groups in total. The quantitative estimate of drug-likeness (QED) is 0.884. The van der Waals surface area contributed by atoms with Crippen molar-refractivity contribution >= 4 is 28.9 Å². The fraction of sp³-hybridized carbons (Fsp3) is 0. The number of halogens is 2. The summed E-state index contributed by atoms with van der Waals surface area (Å²) in [7, 11) is 0. The van der Waals surface area contributed by atoms with Crippen LogP contribution >= 0.6 is 11.6 Å². The van der Waals surface area contributed by atoms with Gasteiger partial charge < -0.3 is 10.4 Å². The van der Waals surface area contributed by atoms with Crippen LogP contribution in [0.4, 0.5) is 15.8 Å². The lowest BCUT2D eigenvalue weighted by molar-refractivity contribution is 0.0697. The van der Waals surface area contributed by atoms with Gasteiger partial charge in [0.15, 0.2) is 0 Å². The molecule has 0 amide bonds. The van der Waals surface area contributed by atoms with E-state index in [-0.39, 0.29) is 16.3 Å². The van der Waals surface area contributed by atoms with Crippen LogP contribution in [0.3, 0.4) is 0 Å². The van der Waals surface area contributed by atoms with Crippen molar-refractivity contribution in [3.8, 4) is 0 Å². The van der Waals surface area contributed by atoms with Crippen molar-refractivity contribution in [2.75, 3.05) is 5.32 Å². The van der Waals surface area contributed by atoms with Gasteiger partial charge >= 0.3 is 5.97 Å². The lowest BCUT2D eigenvalue weighted by Crippen LogP contribution is -1.98. The number of benzene rings is 2. The first-order valence-electron chi connectivity index (χ1n) is 5.12. The second kappa shape index (κ2) is 5.06. The second-order valence-electron chi connectivity index (χ2n) is 3.60. The third kappa shape index (κ3) is 2.60. The summed E-state index contributed by atoms with van der Waals surface area (Å²) in [6, 6.07) is 10.3. The molecule has 3 nitrogen and oxygen atoms in total. The Kier molecular flexibility index (Phi) is 3.48. The molecule has 0 saturated carbocycles. The summed E-state index contributed by atoms with van der Waals surface area (Å²) in [5.74, 6) is -1.48. The minimum atomic E-state index is -1.01. The summed E-state index contributed by atoms with van der Waals surface area (Å²) in [6.07, 6.45) is 0. The summed E-state index contributed by atoms with van der Waals surface area (Å²) < 4.78 is 13.5. The largest absolute Gasteiger partial charge is 0.478 e. The average molecular weight is 266 g/mol. The third-order valence-corrected chi connectivity index (χ3v) is 2.68. The normalized spacial score (nSPS) is 10.1. The highest BCUT2D eigenvalue weighted by Crippen LogP contribution is 2.28. The minimum Gasteiger partial charge on any atom is -0.478 e. The van der Waals surface area contributed by atoms with Crippen molar-refractivity contribution in [1.29, 1.82) is 0 Å². The summed E-state index contributed by atoms with van der Waals surface area (Å²) >= 11 is 5.86. The van der Waals surface area contributed by atoms with Gasteiger partial charge in [-0.2, -0.15) is 0 Å². The van der Waals surface area contributed by atoms with Gasteiger partial charge in [-0.05, 0) is 36.4 Å². The first-order chi connectivity index (χ1) is 8.58. The molecular weight excluding hydrogens is 257 g/mol. The lowest BCUT2D eigenvalue weighted by Gasteiger charge is -2.09. The highest BCUT2D eigenvalue weighted by Gasteiger charge is 2.07. The van der Waals surface area contributed by atoms with E-state index in [0.29, 0.717) is 5.69 Å². The smallest absolute Gasteiger partial charge is 0.335 e. The lowest BCUT2D eigenvalue weighted by atomic mass is 10.2. The Bertz CT molecular complexity index is 564. The van der Waals surface area contributed by atoms with Crippen molar-refractivity contribution in [3.63, 3.8) is 0 Å². The second-order valence-corrected chi connectivity index (χ2v) is 4.01. The van der Waals surface area contributed by atoms with Crippen molar-refractivity contribution in [2.24, 2.45) is 0 Å². The fourth-order valence-corrected chi connectivity index (χ4v) is 1.67. The van der Waals surface area contributed by atoms with Gasteiger partial charge in [-0.3, -0.25) is 0 Å². The summed E-state index contributed by atoms with van der Waals surface area (Å²) in [5, 5.41) is 11.8. The fourth-order valence-electron chi connectivity index (χ4n) is 1.46. The highest BCUT2D eigenvalue weighted by atomic mass is 35.5. The molecule has 2 aromatic rings. The molecule has 0 atom stereocenters. The van der Waals surface area contributed by atoms with Crippen LogP contribution in [-0.4, -0.2) is 11.1 Å². The molecule has 18 heavy (non-hydrogen) atoms. The topological polar surface area (TPSA) is 49.3 Å². The molecule has 0 spiro atoms. The van der Waals surface area contributed by atoms with E-state index in [0.717, 1.165) is 0 Å². The van der Waals surface area contributed by atoms with Crippen LogP contribution in [0.15, 0.2) is 42.5 Å². The van der Waals surface area contributed by atoms with Gasteiger partial charge in [-0.25, -0.2) is 9.18 Å². The Morgan fingerprint density at radius 2 is 1.83 bits per heavy atom. The number of rotatable bonds is 3. The highest BCUT2D eigenvalue weighted by molar-refractivity contribution is 6.33. The summed E-state index contributed by atoms with van der Waals surface area (Å²) in [6.45, 7) is 0. The minimum absolute atomic E-state index is 0.167. The number of para-hydroxylation sites is 1. The molecule has 0 heterocycles. The van der Waals surface area contributed by atoms with E-state index in [9.17, 15) is 9.18 Å². The molecular formula is C13H9ClFNO2. The Morgan fingerprint density at radius 3 is 2.39 bits per heavy atom. The third-order valence-electron chi connectivity index (χ3n) is 2.36. The van der Waals surface area contributed by atoms with E-state index in [2.05, 4.69) is 5.32 Å². The van der Waals surface area contributed by atoms with Crippen LogP contribution in [0.2, 0.25) is 5.02 Å². The number of nitrogens with one attached hydrogen (secondary N) is 1. The van der Waals surface area contributed by atoms with Crippen molar-refractivity contribution in [3.05, 3.63) is 58.9 Å². The molecule has 5 heteroatoms.